The van der Waals surface area contributed by atoms with Crippen LogP contribution >= 0.6 is 0 Å². The van der Waals surface area contributed by atoms with E-state index in [1.807, 2.05) is 55.1 Å². The lowest BCUT2D eigenvalue weighted by Gasteiger charge is -2.03. The van der Waals surface area contributed by atoms with Gasteiger partial charge in [-0.1, -0.05) is 18.2 Å². The first-order valence-electron chi connectivity index (χ1n) is 7.52. The van der Waals surface area contributed by atoms with Crippen molar-refractivity contribution in [3.63, 3.8) is 0 Å². The molecule has 0 saturated carbocycles. The first kappa shape index (κ1) is 15.0. The van der Waals surface area contributed by atoms with E-state index in [0.717, 1.165) is 27.9 Å². The van der Waals surface area contributed by atoms with E-state index in [4.69, 9.17) is 0 Å². The van der Waals surface area contributed by atoms with Crippen LogP contribution in [0.5, 0.6) is 0 Å². The van der Waals surface area contributed by atoms with Crippen molar-refractivity contribution < 1.29 is 4.79 Å². The molecule has 0 bridgehead atoms. The Morgan fingerprint density at radius 3 is 3.00 bits per heavy atom. The van der Waals surface area contributed by atoms with Crippen LogP contribution < -0.4 is 5.43 Å². The summed E-state index contributed by atoms with van der Waals surface area (Å²) in [5.41, 5.74) is 6.56. The topological polar surface area (TPSA) is 75.1 Å². The molecular formula is C17H19N5O. The van der Waals surface area contributed by atoms with Crippen LogP contribution in [0.15, 0.2) is 41.6 Å². The third-order valence-electron chi connectivity index (χ3n) is 3.67. The van der Waals surface area contributed by atoms with E-state index >= 15 is 0 Å². The number of benzene rings is 1. The fourth-order valence-corrected chi connectivity index (χ4v) is 2.54. The van der Waals surface area contributed by atoms with Gasteiger partial charge in [-0.3, -0.25) is 9.48 Å². The van der Waals surface area contributed by atoms with Crippen LogP contribution in [0.3, 0.4) is 0 Å². The number of carbonyl (C=O) groups excluding carboxylic acids is 1. The summed E-state index contributed by atoms with van der Waals surface area (Å²) >= 11 is 0. The molecule has 0 fully saturated rings. The number of hydrogen-bond acceptors (Lipinski definition) is 3. The first-order chi connectivity index (χ1) is 11.1. The summed E-state index contributed by atoms with van der Waals surface area (Å²) in [6.45, 7) is 4.47. The second-order valence-electron chi connectivity index (χ2n) is 5.48. The van der Waals surface area contributed by atoms with Crippen molar-refractivity contribution in [1.29, 1.82) is 0 Å². The van der Waals surface area contributed by atoms with Crippen molar-refractivity contribution in [2.24, 2.45) is 5.10 Å². The summed E-state index contributed by atoms with van der Waals surface area (Å²) in [6.07, 6.45) is 3.86. The van der Waals surface area contributed by atoms with E-state index in [9.17, 15) is 4.79 Å². The molecule has 1 aromatic carbocycles. The Bertz CT molecular complexity index is 859. The van der Waals surface area contributed by atoms with Gasteiger partial charge in [-0.05, 0) is 26.0 Å². The first-order valence-corrected chi connectivity index (χ1v) is 7.52. The zero-order chi connectivity index (χ0) is 16.2. The van der Waals surface area contributed by atoms with Crippen molar-refractivity contribution >= 4 is 23.0 Å². The van der Waals surface area contributed by atoms with Crippen LogP contribution in [0.2, 0.25) is 0 Å². The van der Waals surface area contributed by atoms with E-state index < -0.39 is 0 Å². The van der Waals surface area contributed by atoms with Crippen LogP contribution in [0.1, 0.15) is 23.4 Å². The Kier molecular flexibility index (Phi) is 4.23. The Morgan fingerprint density at radius 1 is 1.39 bits per heavy atom. The molecule has 3 aromatic rings. The number of hydrazone groups is 1. The highest BCUT2D eigenvalue weighted by atomic mass is 16.2. The van der Waals surface area contributed by atoms with Gasteiger partial charge in [-0.2, -0.15) is 10.2 Å². The molecule has 0 unspecified atom stereocenters. The minimum Gasteiger partial charge on any atom is -0.361 e. The predicted octanol–water partition coefficient (Wildman–Crippen LogP) is 2.52. The van der Waals surface area contributed by atoms with Gasteiger partial charge in [-0.15, -0.1) is 0 Å². The highest BCUT2D eigenvalue weighted by Gasteiger charge is 2.05. The van der Waals surface area contributed by atoms with Gasteiger partial charge in [-0.25, -0.2) is 5.43 Å². The lowest BCUT2D eigenvalue weighted by molar-refractivity contribution is -0.121. The molecule has 2 N–H and O–H groups in total. The van der Waals surface area contributed by atoms with Gasteiger partial charge in [0.2, 0.25) is 5.91 Å². The lowest BCUT2D eigenvalue weighted by atomic mass is 10.2. The van der Waals surface area contributed by atoms with E-state index in [0.29, 0.717) is 13.0 Å². The van der Waals surface area contributed by atoms with Crippen molar-refractivity contribution in [3.8, 4) is 0 Å². The van der Waals surface area contributed by atoms with Crippen LogP contribution in [-0.2, 0) is 11.3 Å². The molecule has 0 atom stereocenters. The molecule has 3 rings (SSSR count). The van der Waals surface area contributed by atoms with Gasteiger partial charge < -0.3 is 4.98 Å². The lowest BCUT2D eigenvalue weighted by Crippen LogP contribution is -2.20. The Hall–Kier alpha value is -2.89. The van der Waals surface area contributed by atoms with Crippen molar-refractivity contribution in [1.82, 2.24) is 20.2 Å². The van der Waals surface area contributed by atoms with Gasteiger partial charge >= 0.3 is 0 Å². The molecule has 0 radical (unpaired) electrons. The van der Waals surface area contributed by atoms with Crippen LogP contribution in [0.4, 0.5) is 0 Å². The van der Waals surface area contributed by atoms with E-state index in [1.165, 1.54) is 0 Å². The fourth-order valence-electron chi connectivity index (χ4n) is 2.54. The van der Waals surface area contributed by atoms with E-state index in [1.54, 1.807) is 6.21 Å². The molecule has 6 nitrogen and oxygen atoms in total. The van der Waals surface area contributed by atoms with Crippen molar-refractivity contribution in [2.45, 2.75) is 26.8 Å². The van der Waals surface area contributed by atoms with Crippen molar-refractivity contribution in [3.05, 3.63) is 53.5 Å². The molecule has 6 heteroatoms. The molecule has 0 aliphatic rings. The molecule has 2 heterocycles. The molecular weight excluding hydrogens is 290 g/mol. The quantitative estimate of drug-likeness (QED) is 0.561. The summed E-state index contributed by atoms with van der Waals surface area (Å²) in [4.78, 5) is 15.0. The Labute approximate surface area is 134 Å². The number of carbonyl (C=O) groups is 1. The van der Waals surface area contributed by atoms with E-state index in [-0.39, 0.29) is 5.91 Å². The highest BCUT2D eigenvalue weighted by molar-refractivity contribution is 5.99. The molecule has 23 heavy (non-hydrogen) atoms. The van der Waals surface area contributed by atoms with Gasteiger partial charge in [0.15, 0.2) is 0 Å². The van der Waals surface area contributed by atoms with Crippen LogP contribution in [-0.4, -0.2) is 26.9 Å². The van der Waals surface area contributed by atoms with Crippen LogP contribution in [0.25, 0.3) is 10.9 Å². The second-order valence-corrected chi connectivity index (χ2v) is 5.48. The number of aromatic amines is 1. The van der Waals surface area contributed by atoms with Crippen molar-refractivity contribution in [2.75, 3.05) is 0 Å². The number of fused-ring (bicyclic) bond motifs is 1. The highest BCUT2D eigenvalue weighted by Crippen LogP contribution is 2.15. The molecule has 1 amide bonds. The predicted molar refractivity (Wildman–Crippen MR) is 90.4 cm³/mol. The maximum atomic E-state index is 11.9. The molecule has 0 spiro atoms. The zero-order valence-corrected chi connectivity index (χ0v) is 13.2. The van der Waals surface area contributed by atoms with Gasteiger partial charge in [0.05, 0.1) is 18.5 Å². The summed E-state index contributed by atoms with van der Waals surface area (Å²) < 4.78 is 1.83. The summed E-state index contributed by atoms with van der Waals surface area (Å²) in [6, 6.07) is 9.95. The Morgan fingerprint density at radius 2 is 2.22 bits per heavy atom. The normalized spacial score (nSPS) is 11.4. The third-order valence-corrected chi connectivity index (χ3v) is 3.67. The Balaban J connectivity index is 1.55. The average molecular weight is 309 g/mol. The van der Waals surface area contributed by atoms with Gasteiger partial charge in [0.25, 0.3) is 0 Å². The van der Waals surface area contributed by atoms with Gasteiger partial charge in [0, 0.05) is 34.8 Å². The molecule has 0 aliphatic heterocycles. The average Bonchev–Trinajstić information content (AvgIpc) is 3.08. The van der Waals surface area contributed by atoms with Gasteiger partial charge in [0.1, 0.15) is 0 Å². The zero-order valence-electron chi connectivity index (χ0n) is 13.2. The number of rotatable bonds is 5. The summed E-state index contributed by atoms with van der Waals surface area (Å²) in [5, 5.41) is 9.44. The molecule has 0 aliphatic carbocycles. The number of amides is 1. The minimum atomic E-state index is -0.131. The second kappa shape index (κ2) is 6.48. The molecule has 2 aromatic heterocycles. The number of nitrogens with zero attached hydrogens (tertiary/aromatic N) is 3. The number of aryl methyl sites for hydroxylation is 3. The number of hydrogen-bond donors (Lipinski definition) is 2. The fraction of sp³-hybridized carbons (Fsp3) is 0.235. The largest absolute Gasteiger partial charge is 0.361 e. The number of aromatic nitrogens is 3. The van der Waals surface area contributed by atoms with E-state index in [2.05, 4.69) is 20.6 Å². The third kappa shape index (κ3) is 3.48. The smallest absolute Gasteiger partial charge is 0.241 e. The maximum absolute atomic E-state index is 11.9. The van der Waals surface area contributed by atoms with Crippen LogP contribution in [0, 0.1) is 13.8 Å². The minimum absolute atomic E-state index is 0.131. The monoisotopic (exact) mass is 309 g/mol. The maximum Gasteiger partial charge on any atom is 0.241 e. The standard InChI is InChI=1S/C17H19N5O/c1-12-9-13(2)22(21-12)8-7-17(23)20-19-11-14-10-18-16-6-4-3-5-15(14)16/h3-6,9-11,18H,7-8H2,1-2H3,(H,20,23)/b19-11+. The molecule has 118 valence electrons. The number of nitrogens with one attached hydrogen (secondary N) is 2. The molecule has 0 saturated heterocycles. The summed E-state index contributed by atoms with van der Waals surface area (Å²) in [7, 11) is 0. The number of para-hydroxylation sites is 1. The summed E-state index contributed by atoms with van der Waals surface area (Å²) in [5.74, 6) is -0.131. The SMILES string of the molecule is Cc1cc(C)n(CCC(=O)N/N=C/c2c[nH]c3ccccc23)n1. The number of H-pyrrole nitrogens is 1.